The van der Waals surface area contributed by atoms with Crippen molar-refractivity contribution in [1.82, 2.24) is 4.57 Å². The fourth-order valence-corrected chi connectivity index (χ4v) is 3.30. The predicted molar refractivity (Wildman–Crippen MR) is 108 cm³/mol. The predicted octanol–water partition coefficient (Wildman–Crippen LogP) is 6.88. The van der Waals surface area contributed by atoms with Crippen LogP contribution in [0.25, 0.3) is 22.4 Å². The minimum absolute atomic E-state index is 0.127. The summed E-state index contributed by atoms with van der Waals surface area (Å²) in [5, 5.41) is 0. The summed E-state index contributed by atoms with van der Waals surface area (Å²) >= 11 is 0. The van der Waals surface area contributed by atoms with E-state index in [1.165, 1.54) is 12.1 Å². The van der Waals surface area contributed by atoms with Crippen molar-refractivity contribution in [2.45, 2.75) is 26.9 Å². The van der Waals surface area contributed by atoms with Crippen LogP contribution < -0.4 is 0 Å². The van der Waals surface area contributed by atoms with Crippen LogP contribution in [0.1, 0.15) is 36.1 Å². The van der Waals surface area contributed by atoms with Gasteiger partial charge in [-0.25, -0.2) is 0 Å². The fraction of sp³-hybridized carbons (Fsp3) is 0.167. The second-order valence-electron chi connectivity index (χ2n) is 6.69. The molecule has 0 aliphatic rings. The molecule has 4 heteroatoms. The third-order valence-corrected chi connectivity index (χ3v) is 4.58. The largest absolute Gasteiger partial charge is 0.417 e. The van der Waals surface area contributed by atoms with Gasteiger partial charge in [-0.05, 0) is 55.7 Å². The van der Waals surface area contributed by atoms with Crippen LogP contribution in [-0.2, 0) is 6.18 Å². The first-order valence-corrected chi connectivity index (χ1v) is 8.80. The lowest BCUT2D eigenvalue weighted by molar-refractivity contribution is -0.137. The Morgan fingerprint density at radius 2 is 1.75 bits per heavy atom. The van der Waals surface area contributed by atoms with Crippen molar-refractivity contribution >= 4 is 5.57 Å². The molecule has 0 N–H and O–H groups in total. The van der Waals surface area contributed by atoms with Gasteiger partial charge >= 0.3 is 6.18 Å². The molecular weight excluding hydrogens is 359 g/mol. The third kappa shape index (κ3) is 3.75. The van der Waals surface area contributed by atoms with E-state index in [2.05, 4.69) is 18.4 Å². The van der Waals surface area contributed by atoms with Crippen LogP contribution in [0.3, 0.4) is 0 Å². The number of hydrogen-bond acceptors (Lipinski definition) is 0. The van der Waals surface area contributed by atoms with Gasteiger partial charge in [0.2, 0.25) is 0 Å². The maximum atomic E-state index is 13.5. The summed E-state index contributed by atoms with van der Waals surface area (Å²) < 4.78 is 42.3. The molecule has 0 radical (unpaired) electrons. The Morgan fingerprint density at radius 3 is 2.36 bits per heavy atom. The van der Waals surface area contributed by atoms with Gasteiger partial charge in [-0.1, -0.05) is 42.3 Å². The van der Waals surface area contributed by atoms with E-state index in [1.54, 1.807) is 25.4 Å². The molecule has 0 saturated heterocycles. The smallest absolute Gasteiger partial charge is 0.322 e. The molecule has 3 aromatic rings. The highest BCUT2D eigenvalue weighted by Gasteiger charge is 2.34. The maximum absolute atomic E-state index is 13.5. The van der Waals surface area contributed by atoms with Gasteiger partial charge in [0.05, 0.1) is 11.1 Å². The number of halogens is 3. The molecule has 0 amide bonds. The molecule has 0 saturated carbocycles. The molecule has 2 aromatic carbocycles. The number of benzene rings is 2. The molecule has 0 atom stereocenters. The number of allylic oxidation sites excluding steroid dienone is 1. The lowest BCUT2D eigenvalue weighted by Crippen LogP contribution is -2.06. The van der Waals surface area contributed by atoms with Crippen LogP contribution >= 0.6 is 0 Å². The van der Waals surface area contributed by atoms with E-state index >= 15 is 0 Å². The molecule has 28 heavy (non-hydrogen) atoms. The van der Waals surface area contributed by atoms with E-state index in [1.807, 2.05) is 36.6 Å². The number of nitrogens with zero attached hydrogens (tertiary/aromatic N) is 1. The summed E-state index contributed by atoms with van der Waals surface area (Å²) in [6, 6.07) is 11.5. The molecule has 142 valence electrons. The van der Waals surface area contributed by atoms with Crippen molar-refractivity contribution in [2.24, 2.45) is 0 Å². The van der Waals surface area contributed by atoms with Crippen LogP contribution in [0.4, 0.5) is 13.2 Å². The third-order valence-electron chi connectivity index (χ3n) is 4.58. The summed E-state index contributed by atoms with van der Waals surface area (Å²) in [7, 11) is 0. The molecule has 1 heterocycles. The number of aromatic nitrogens is 1. The Hall–Kier alpha value is -3.19. The highest BCUT2D eigenvalue weighted by atomic mass is 19.4. The Morgan fingerprint density at radius 1 is 1.04 bits per heavy atom. The molecule has 0 spiro atoms. The highest BCUT2D eigenvalue weighted by molar-refractivity contribution is 5.75. The average molecular weight is 379 g/mol. The first-order valence-electron chi connectivity index (χ1n) is 8.80. The summed E-state index contributed by atoms with van der Waals surface area (Å²) in [5.74, 6) is 5.73. The summed E-state index contributed by atoms with van der Waals surface area (Å²) in [5.41, 5.74) is 4.42. The zero-order valence-corrected chi connectivity index (χ0v) is 16.0. The molecule has 0 unspecified atom stereocenters. The topological polar surface area (TPSA) is 4.93 Å². The van der Waals surface area contributed by atoms with Gasteiger partial charge in [-0.2, -0.15) is 13.2 Å². The van der Waals surface area contributed by atoms with E-state index in [9.17, 15) is 13.2 Å². The van der Waals surface area contributed by atoms with Gasteiger partial charge in [0, 0.05) is 23.6 Å². The van der Waals surface area contributed by atoms with E-state index in [4.69, 9.17) is 0 Å². The Kier molecular flexibility index (Phi) is 5.20. The van der Waals surface area contributed by atoms with Crippen molar-refractivity contribution in [1.29, 1.82) is 0 Å². The summed E-state index contributed by atoms with van der Waals surface area (Å²) in [4.78, 5) is 0. The normalized spacial score (nSPS) is 11.1. The molecule has 0 aliphatic carbocycles. The van der Waals surface area contributed by atoms with Gasteiger partial charge in [0.15, 0.2) is 0 Å². The second kappa shape index (κ2) is 7.44. The molecule has 1 nitrogen and oxygen atoms in total. The van der Waals surface area contributed by atoms with Gasteiger partial charge in [0.25, 0.3) is 0 Å². The monoisotopic (exact) mass is 379 g/mol. The van der Waals surface area contributed by atoms with Crippen LogP contribution in [-0.4, -0.2) is 4.57 Å². The fourth-order valence-electron chi connectivity index (χ4n) is 3.30. The number of hydrogen-bond donors (Lipinski definition) is 0. The van der Waals surface area contributed by atoms with Crippen LogP contribution in [0.15, 0.2) is 61.4 Å². The van der Waals surface area contributed by atoms with Gasteiger partial charge < -0.3 is 4.57 Å². The molecular formula is C24H20F3N. The number of rotatable bonds is 3. The SMILES string of the molecule is C=C(C)c1ccc(-n2cc(C#CC)c(-c3ccccc3C(F)(F)F)c2)cc1C. The van der Waals surface area contributed by atoms with Gasteiger partial charge in [-0.3, -0.25) is 0 Å². The van der Waals surface area contributed by atoms with E-state index < -0.39 is 11.7 Å². The first kappa shape index (κ1) is 19.6. The lowest BCUT2D eigenvalue weighted by atomic mass is 9.99. The van der Waals surface area contributed by atoms with E-state index in [0.29, 0.717) is 11.1 Å². The zero-order chi connectivity index (χ0) is 20.5. The van der Waals surface area contributed by atoms with Gasteiger partial charge in [-0.15, -0.1) is 5.92 Å². The number of aryl methyl sites for hydroxylation is 1. The lowest BCUT2D eigenvalue weighted by Gasteiger charge is -2.12. The average Bonchev–Trinajstić information content (AvgIpc) is 3.05. The molecule has 0 fully saturated rings. The van der Waals surface area contributed by atoms with E-state index in [0.717, 1.165) is 28.5 Å². The van der Waals surface area contributed by atoms with Crippen molar-refractivity contribution in [3.8, 4) is 28.7 Å². The summed E-state index contributed by atoms with van der Waals surface area (Å²) in [6.45, 7) is 9.57. The Balaban J connectivity index is 2.19. The van der Waals surface area contributed by atoms with Crippen molar-refractivity contribution in [3.05, 3.63) is 83.7 Å². The quantitative estimate of drug-likeness (QED) is 0.437. The molecule has 3 rings (SSSR count). The first-order chi connectivity index (χ1) is 13.2. The van der Waals surface area contributed by atoms with Crippen LogP contribution in [0.2, 0.25) is 0 Å². The minimum Gasteiger partial charge on any atom is -0.322 e. The second-order valence-corrected chi connectivity index (χ2v) is 6.69. The van der Waals surface area contributed by atoms with Crippen LogP contribution in [0, 0.1) is 18.8 Å². The van der Waals surface area contributed by atoms with Crippen molar-refractivity contribution in [2.75, 3.05) is 0 Å². The number of alkyl halides is 3. The van der Waals surface area contributed by atoms with Crippen LogP contribution in [0.5, 0.6) is 0 Å². The highest BCUT2D eigenvalue weighted by Crippen LogP contribution is 2.38. The summed E-state index contributed by atoms with van der Waals surface area (Å²) in [6.07, 6.45) is -0.955. The van der Waals surface area contributed by atoms with Crippen molar-refractivity contribution in [3.63, 3.8) is 0 Å². The van der Waals surface area contributed by atoms with Gasteiger partial charge in [0.1, 0.15) is 0 Å². The Labute approximate surface area is 163 Å². The Bertz CT molecular complexity index is 1100. The van der Waals surface area contributed by atoms with E-state index in [-0.39, 0.29) is 5.56 Å². The minimum atomic E-state index is -4.44. The maximum Gasteiger partial charge on any atom is 0.417 e. The molecule has 1 aromatic heterocycles. The molecule has 0 bridgehead atoms. The molecule has 0 aliphatic heterocycles. The zero-order valence-electron chi connectivity index (χ0n) is 16.0. The van der Waals surface area contributed by atoms with Crippen molar-refractivity contribution < 1.29 is 13.2 Å². The standard InChI is InChI=1S/C24H20F3N/c1-5-8-18-14-28(19-11-12-20(16(2)3)17(4)13-19)15-22(18)21-9-6-7-10-23(21)24(25,26)27/h6-7,9-15H,2H2,1,3-4H3.